The predicted octanol–water partition coefficient (Wildman–Crippen LogP) is 2.10. The largest absolute Gasteiger partial charge is 0.378 e. The molecule has 2 aliphatic rings. The molecule has 0 saturated carbocycles. The van der Waals surface area contributed by atoms with E-state index in [-0.39, 0.29) is 0 Å². The molecule has 0 aromatic heterocycles. The summed E-state index contributed by atoms with van der Waals surface area (Å²) < 4.78 is 11.4. The molecular weight excluding hydrogens is 202 g/mol. The molecular formula is C13H25NO2. The second-order valence-electron chi connectivity index (χ2n) is 5.00. The first-order valence-electron chi connectivity index (χ1n) is 6.85. The molecule has 0 bridgehead atoms. The van der Waals surface area contributed by atoms with Crippen molar-refractivity contribution in [3.63, 3.8) is 0 Å². The van der Waals surface area contributed by atoms with Crippen molar-refractivity contribution in [2.45, 2.75) is 63.7 Å². The highest BCUT2D eigenvalue weighted by atomic mass is 16.5. The van der Waals surface area contributed by atoms with Gasteiger partial charge in [0, 0.05) is 19.3 Å². The van der Waals surface area contributed by atoms with Gasteiger partial charge in [-0.05, 0) is 45.1 Å². The zero-order valence-electron chi connectivity index (χ0n) is 10.4. The third-order valence-electron chi connectivity index (χ3n) is 3.64. The first kappa shape index (κ1) is 12.3. The predicted molar refractivity (Wildman–Crippen MR) is 64.6 cm³/mol. The highest BCUT2D eigenvalue weighted by Crippen LogP contribution is 2.22. The van der Waals surface area contributed by atoms with Gasteiger partial charge in [-0.1, -0.05) is 6.92 Å². The Morgan fingerprint density at radius 3 is 2.00 bits per heavy atom. The van der Waals surface area contributed by atoms with E-state index in [0.29, 0.717) is 18.2 Å². The Labute approximate surface area is 98.9 Å². The maximum atomic E-state index is 5.71. The molecule has 0 spiro atoms. The molecule has 0 amide bonds. The van der Waals surface area contributed by atoms with Gasteiger partial charge in [-0.25, -0.2) is 0 Å². The van der Waals surface area contributed by atoms with Crippen molar-refractivity contribution in [1.29, 1.82) is 0 Å². The van der Waals surface area contributed by atoms with E-state index in [4.69, 9.17) is 9.47 Å². The van der Waals surface area contributed by atoms with Crippen LogP contribution in [0.2, 0.25) is 0 Å². The Balaban J connectivity index is 1.73. The average Bonchev–Trinajstić information content (AvgIpc) is 2.91. The van der Waals surface area contributed by atoms with Crippen LogP contribution < -0.4 is 5.32 Å². The van der Waals surface area contributed by atoms with Crippen LogP contribution in [-0.2, 0) is 9.47 Å². The van der Waals surface area contributed by atoms with Gasteiger partial charge >= 0.3 is 0 Å². The summed E-state index contributed by atoms with van der Waals surface area (Å²) in [7, 11) is 0. The highest BCUT2D eigenvalue weighted by molar-refractivity contribution is 4.79. The molecule has 2 unspecified atom stereocenters. The molecule has 2 fully saturated rings. The summed E-state index contributed by atoms with van der Waals surface area (Å²) in [4.78, 5) is 0. The fourth-order valence-electron chi connectivity index (χ4n) is 2.85. The summed E-state index contributed by atoms with van der Waals surface area (Å²) in [6.45, 7) is 5.15. The van der Waals surface area contributed by atoms with Gasteiger partial charge in [0.15, 0.2) is 0 Å². The van der Waals surface area contributed by atoms with Crippen LogP contribution in [0.25, 0.3) is 0 Å². The molecule has 2 rings (SSSR count). The molecule has 0 aromatic rings. The third kappa shape index (κ3) is 3.72. The van der Waals surface area contributed by atoms with E-state index < -0.39 is 0 Å². The molecule has 16 heavy (non-hydrogen) atoms. The van der Waals surface area contributed by atoms with Gasteiger partial charge in [0.2, 0.25) is 0 Å². The third-order valence-corrected chi connectivity index (χ3v) is 3.64. The minimum absolute atomic E-state index is 0.491. The van der Waals surface area contributed by atoms with Crippen molar-refractivity contribution in [1.82, 2.24) is 5.32 Å². The lowest BCUT2D eigenvalue weighted by Gasteiger charge is -2.23. The van der Waals surface area contributed by atoms with Gasteiger partial charge in [0.05, 0.1) is 12.2 Å². The van der Waals surface area contributed by atoms with Crippen LogP contribution in [0, 0.1) is 0 Å². The normalized spacial score (nSPS) is 32.1. The van der Waals surface area contributed by atoms with E-state index >= 15 is 0 Å². The van der Waals surface area contributed by atoms with Crippen LogP contribution in [-0.4, -0.2) is 38.0 Å². The molecule has 2 saturated heterocycles. The molecule has 2 aliphatic heterocycles. The Hall–Kier alpha value is -0.120. The van der Waals surface area contributed by atoms with Crippen LogP contribution in [0.5, 0.6) is 0 Å². The molecule has 2 heterocycles. The number of hydrogen-bond donors (Lipinski definition) is 1. The first-order valence-corrected chi connectivity index (χ1v) is 6.85. The van der Waals surface area contributed by atoms with Gasteiger partial charge in [0.1, 0.15) is 0 Å². The number of nitrogens with one attached hydrogen (secondary N) is 1. The summed E-state index contributed by atoms with van der Waals surface area (Å²) in [5.74, 6) is 0. The van der Waals surface area contributed by atoms with Gasteiger partial charge in [-0.2, -0.15) is 0 Å². The molecule has 1 N–H and O–H groups in total. The Bertz CT molecular complexity index is 168. The van der Waals surface area contributed by atoms with Crippen LogP contribution in [0.3, 0.4) is 0 Å². The quantitative estimate of drug-likeness (QED) is 0.754. The molecule has 0 aliphatic carbocycles. The SMILES string of the molecule is CCNC(CC1CCCO1)CC1CCCO1. The van der Waals surface area contributed by atoms with Crippen LogP contribution in [0.1, 0.15) is 45.4 Å². The van der Waals surface area contributed by atoms with Gasteiger partial charge in [-0.3, -0.25) is 0 Å². The minimum Gasteiger partial charge on any atom is -0.378 e. The van der Waals surface area contributed by atoms with Crippen molar-refractivity contribution in [3.8, 4) is 0 Å². The van der Waals surface area contributed by atoms with Crippen LogP contribution in [0.15, 0.2) is 0 Å². The molecule has 0 aromatic carbocycles. The van der Waals surface area contributed by atoms with Crippen molar-refractivity contribution in [3.05, 3.63) is 0 Å². The second kappa shape index (κ2) is 6.58. The summed E-state index contributed by atoms with van der Waals surface area (Å²) in [5, 5.41) is 3.58. The van der Waals surface area contributed by atoms with Crippen molar-refractivity contribution < 1.29 is 9.47 Å². The maximum absolute atomic E-state index is 5.71. The number of rotatable bonds is 6. The smallest absolute Gasteiger partial charge is 0.0590 e. The van der Waals surface area contributed by atoms with E-state index in [2.05, 4.69) is 12.2 Å². The van der Waals surface area contributed by atoms with Gasteiger partial charge in [-0.15, -0.1) is 0 Å². The first-order chi connectivity index (χ1) is 7.88. The molecule has 0 radical (unpaired) electrons. The molecule has 2 atom stereocenters. The fraction of sp³-hybridized carbons (Fsp3) is 1.00. The summed E-state index contributed by atoms with van der Waals surface area (Å²) in [5.41, 5.74) is 0. The average molecular weight is 227 g/mol. The van der Waals surface area contributed by atoms with E-state index in [1.807, 2.05) is 0 Å². The Morgan fingerprint density at radius 2 is 1.62 bits per heavy atom. The van der Waals surface area contributed by atoms with E-state index in [0.717, 1.165) is 32.6 Å². The highest BCUT2D eigenvalue weighted by Gasteiger charge is 2.24. The molecule has 3 nitrogen and oxygen atoms in total. The monoisotopic (exact) mass is 227 g/mol. The molecule has 94 valence electrons. The zero-order valence-corrected chi connectivity index (χ0v) is 10.4. The van der Waals surface area contributed by atoms with Crippen molar-refractivity contribution in [2.75, 3.05) is 19.8 Å². The zero-order chi connectivity index (χ0) is 11.2. The fourth-order valence-corrected chi connectivity index (χ4v) is 2.85. The van der Waals surface area contributed by atoms with Crippen LogP contribution >= 0.6 is 0 Å². The van der Waals surface area contributed by atoms with E-state index in [1.165, 1.54) is 25.7 Å². The van der Waals surface area contributed by atoms with Gasteiger partial charge in [0.25, 0.3) is 0 Å². The summed E-state index contributed by atoms with van der Waals surface area (Å²) in [6, 6.07) is 0.580. The standard InChI is InChI=1S/C13H25NO2/c1-2-14-11(9-12-5-3-7-15-12)10-13-6-4-8-16-13/h11-14H,2-10H2,1H3. The molecule has 3 heteroatoms. The Kier molecular flexibility index (Phi) is 5.07. The minimum atomic E-state index is 0.491. The maximum Gasteiger partial charge on any atom is 0.0590 e. The topological polar surface area (TPSA) is 30.5 Å². The second-order valence-corrected chi connectivity index (χ2v) is 5.00. The van der Waals surface area contributed by atoms with E-state index in [9.17, 15) is 0 Å². The van der Waals surface area contributed by atoms with Crippen molar-refractivity contribution in [2.24, 2.45) is 0 Å². The lowest BCUT2D eigenvalue weighted by molar-refractivity contribution is 0.0689. The van der Waals surface area contributed by atoms with Crippen molar-refractivity contribution >= 4 is 0 Å². The lowest BCUT2D eigenvalue weighted by atomic mass is 10.00. The van der Waals surface area contributed by atoms with E-state index in [1.54, 1.807) is 0 Å². The lowest BCUT2D eigenvalue weighted by Crippen LogP contribution is -2.35. The number of hydrogen-bond acceptors (Lipinski definition) is 3. The summed E-state index contributed by atoms with van der Waals surface area (Å²) >= 11 is 0. The Morgan fingerprint density at radius 1 is 1.06 bits per heavy atom. The van der Waals surface area contributed by atoms with Crippen LogP contribution in [0.4, 0.5) is 0 Å². The number of ether oxygens (including phenoxy) is 2. The summed E-state index contributed by atoms with van der Waals surface area (Å²) in [6.07, 6.45) is 8.27. The van der Waals surface area contributed by atoms with Gasteiger partial charge < -0.3 is 14.8 Å².